The number of rotatable bonds is 9. The van der Waals surface area contributed by atoms with Crippen molar-refractivity contribution in [2.24, 2.45) is 5.92 Å². The zero-order valence-corrected chi connectivity index (χ0v) is 16.9. The lowest BCUT2D eigenvalue weighted by atomic mass is 9.98. The molecule has 0 radical (unpaired) electrons. The van der Waals surface area contributed by atoms with E-state index in [2.05, 4.69) is 28.6 Å². The molecule has 150 valence electrons. The number of para-hydroxylation sites is 1. The van der Waals surface area contributed by atoms with Gasteiger partial charge in [-0.1, -0.05) is 50.5 Å². The van der Waals surface area contributed by atoms with Crippen molar-refractivity contribution in [1.82, 2.24) is 15.6 Å². The Labute approximate surface area is 167 Å². The van der Waals surface area contributed by atoms with Crippen molar-refractivity contribution < 1.29 is 9.59 Å². The predicted molar refractivity (Wildman–Crippen MR) is 112 cm³/mol. The van der Waals surface area contributed by atoms with Crippen LogP contribution in [0.4, 0.5) is 0 Å². The minimum absolute atomic E-state index is 0.00684. The van der Waals surface area contributed by atoms with Crippen LogP contribution in [0.5, 0.6) is 0 Å². The van der Waals surface area contributed by atoms with Gasteiger partial charge in [-0.3, -0.25) is 14.6 Å². The Balaban J connectivity index is 1.63. The fraction of sp³-hybridized carbons (Fsp3) is 0.522. The Bertz CT molecular complexity index is 820. The molecule has 5 nitrogen and oxygen atoms in total. The van der Waals surface area contributed by atoms with Crippen molar-refractivity contribution in [1.29, 1.82) is 0 Å². The molecule has 1 saturated carbocycles. The summed E-state index contributed by atoms with van der Waals surface area (Å²) in [6, 6.07) is 11.8. The minimum Gasteiger partial charge on any atom is -0.351 e. The zero-order valence-electron chi connectivity index (χ0n) is 16.9. The molecule has 0 saturated heterocycles. The Morgan fingerprint density at radius 3 is 2.79 bits per heavy atom. The minimum atomic E-state index is -0.263. The van der Waals surface area contributed by atoms with Crippen LogP contribution in [0.1, 0.15) is 58.1 Å². The number of carbonyl (C=O) groups excluding carboxylic acids is 2. The summed E-state index contributed by atoms with van der Waals surface area (Å²) in [7, 11) is 0. The molecular weight excluding hydrogens is 350 g/mol. The van der Waals surface area contributed by atoms with Gasteiger partial charge < -0.3 is 10.6 Å². The molecule has 0 spiro atoms. The molecule has 0 bridgehead atoms. The van der Waals surface area contributed by atoms with Crippen LogP contribution in [-0.4, -0.2) is 28.8 Å². The van der Waals surface area contributed by atoms with E-state index >= 15 is 0 Å². The fourth-order valence-corrected chi connectivity index (χ4v) is 4.07. The topological polar surface area (TPSA) is 71.1 Å². The lowest BCUT2D eigenvalue weighted by Crippen LogP contribution is -2.49. The Kier molecular flexibility index (Phi) is 7.15. The molecule has 1 aromatic heterocycles. The van der Waals surface area contributed by atoms with E-state index in [0.29, 0.717) is 6.54 Å². The highest BCUT2D eigenvalue weighted by atomic mass is 16.2. The number of nitrogens with one attached hydrogen (secondary N) is 2. The third kappa shape index (κ3) is 5.16. The number of carbonyl (C=O) groups is 2. The third-order valence-corrected chi connectivity index (χ3v) is 5.71. The second kappa shape index (κ2) is 9.78. The number of pyridine rings is 1. The largest absolute Gasteiger partial charge is 0.351 e. The van der Waals surface area contributed by atoms with E-state index < -0.39 is 0 Å². The van der Waals surface area contributed by atoms with E-state index in [1.54, 1.807) is 6.92 Å². The first-order chi connectivity index (χ1) is 13.6. The first-order valence-corrected chi connectivity index (χ1v) is 10.5. The molecule has 1 aliphatic carbocycles. The maximum absolute atomic E-state index is 12.9. The summed E-state index contributed by atoms with van der Waals surface area (Å²) in [5.41, 5.74) is 1.89. The Hall–Kier alpha value is -2.27. The molecule has 2 aromatic rings. The molecule has 1 amide bonds. The van der Waals surface area contributed by atoms with Gasteiger partial charge in [0.1, 0.15) is 5.78 Å². The van der Waals surface area contributed by atoms with Gasteiger partial charge in [0, 0.05) is 23.9 Å². The second-order valence-electron chi connectivity index (χ2n) is 7.83. The van der Waals surface area contributed by atoms with Crippen LogP contribution in [0.25, 0.3) is 10.9 Å². The van der Waals surface area contributed by atoms with E-state index in [0.717, 1.165) is 55.1 Å². The van der Waals surface area contributed by atoms with Crippen LogP contribution in [0, 0.1) is 5.92 Å². The predicted octanol–water partition coefficient (Wildman–Crippen LogP) is 3.76. The first kappa shape index (κ1) is 20.5. The van der Waals surface area contributed by atoms with Crippen LogP contribution < -0.4 is 10.6 Å². The van der Waals surface area contributed by atoms with Crippen molar-refractivity contribution in [3.63, 3.8) is 0 Å². The zero-order chi connectivity index (χ0) is 19.9. The van der Waals surface area contributed by atoms with Crippen LogP contribution in [0.2, 0.25) is 0 Å². The molecule has 5 heteroatoms. The van der Waals surface area contributed by atoms with Gasteiger partial charge in [-0.2, -0.15) is 0 Å². The van der Waals surface area contributed by atoms with Gasteiger partial charge in [0.15, 0.2) is 0 Å². The Morgan fingerprint density at radius 2 is 2.00 bits per heavy atom. The summed E-state index contributed by atoms with van der Waals surface area (Å²) in [5, 5.41) is 7.65. The highest BCUT2D eigenvalue weighted by Gasteiger charge is 2.33. The summed E-state index contributed by atoms with van der Waals surface area (Å²) in [6.45, 7) is 4.31. The van der Waals surface area contributed by atoms with Crippen molar-refractivity contribution >= 4 is 22.6 Å². The van der Waals surface area contributed by atoms with Gasteiger partial charge in [0.05, 0.1) is 17.3 Å². The van der Waals surface area contributed by atoms with Gasteiger partial charge in [0.2, 0.25) is 5.91 Å². The number of hydrogen-bond acceptors (Lipinski definition) is 4. The van der Waals surface area contributed by atoms with E-state index in [4.69, 9.17) is 0 Å². The maximum Gasteiger partial charge on any atom is 0.237 e. The van der Waals surface area contributed by atoms with E-state index in [1.165, 1.54) is 0 Å². The van der Waals surface area contributed by atoms with E-state index in [-0.39, 0.29) is 29.7 Å². The number of benzene rings is 1. The maximum atomic E-state index is 12.9. The van der Waals surface area contributed by atoms with Gasteiger partial charge >= 0.3 is 0 Å². The van der Waals surface area contributed by atoms with Crippen molar-refractivity contribution in [2.45, 2.75) is 71.0 Å². The molecule has 3 rings (SSSR count). The molecule has 0 aliphatic heterocycles. The molecule has 1 aliphatic rings. The lowest BCUT2D eigenvalue weighted by Gasteiger charge is -2.24. The molecule has 2 N–H and O–H groups in total. The molecular formula is C23H31N3O2. The monoisotopic (exact) mass is 381 g/mol. The quantitative estimate of drug-likeness (QED) is 0.694. The number of nitrogens with zero attached hydrogens (tertiary/aromatic N) is 1. The highest BCUT2D eigenvalue weighted by molar-refractivity contribution is 5.84. The molecule has 28 heavy (non-hydrogen) atoms. The van der Waals surface area contributed by atoms with Gasteiger partial charge in [-0.25, -0.2) is 0 Å². The number of amides is 1. The first-order valence-electron chi connectivity index (χ1n) is 10.5. The van der Waals surface area contributed by atoms with Crippen molar-refractivity contribution in [3.05, 3.63) is 42.1 Å². The lowest BCUT2D eigenvalue weighted by molar-refractivity contribution is -0.125. The highest BCUT2D eigenvalue weighted by Crippen LogP contribution is 2.26. The molecule has 0 unspecified atom stereocenters. The number of aromatic nitrogens is 1. The molecule has 3 atom stereocenters. The Morgan fingerprint density at radius 1 is 1.18 bits per heavy atom. The van der Waals surface area contributed by atoms with Crippen molar-refractivity contribution in [2.75, 3.05) is 0 Å². The number of hydrogen-bond donors (Lipinski definition) is 2. The molecule has 1 heterocycles. The summed E-state index contributed by atoms with van der Waals surface area (Å²) >= 11 is 0. The van der Waals surface area contributed by atoms with Crippen LogP contribution in [0.15, 0.2) is 36.4 Å². The SMILES string of the molecule is CCCC[C@H](NCc1ccc2ccccc2n1)C(=O)N[C@H]1CCC[C@H]1C(C)=O. The van der Waals surface area contributed by atoms with Gasteiger partial charge in [0.25, 0.3) is 0 Å². The average Bonchev–Trinajstić information content (AvgIpc) is 3.16. The summed E-state index contributed by atoms with van der Waals surface area (Å²) in [4.78, 5) is 29.4. The summed E-state index contributed by atoms with van der Waals surface area (Å²) in [5.74, 6) is 0.159. The fourth-order valence-electron chi connectivity index (χ4n) is 4.07. The van der Waals surface area contributed by atoms with E-state index in [9.17, 15) is 9.59 Å². The number of unbranched alkanes of at least 4 members (excludes halogenated alkanes) is 1. The van der Waals surface area contributed by atoms with Crippen LogP contribution in [0.3, 0.4) is 0 Å². The van der Waals surface area contributed by atoms with Crippen LogP contribution in [-0.2, 0) is 16.1 Å². The average molecular weight is 382 g/mol. The summed E-state index contributed by atoms with van der Waals surface area (Å²) < 4.78 is 0. The van der Waals surface area contributed by atoms with Crippen LogP contribution >= 0.6 is 0 Å². The van der Waals surface area contributed by atoms with E-state index in [1.807, 2.05) is 30.3 Å². The van der Waals surface area contributed by atoms with Gasteiger partial charge in [-0.15, -0.1) is 0 Å². The van der Waals surface area contributed by atoms with Crippen molar-refractivity contribution in [3.8, 4) is 0 Å². The number of ketones is 1. The summed E-state index contributed by atoms with van der Waals surface area (Å²) in [6.07, 6.45) is 5.59. The standard InChI is InChI=1S/C23H31N3O2/c1-3-4-10-22(23(28)26-21-12-7-9-19(21)16(2)27)24-15-18-14-13-17-8-5-6-11-20(17)25-18/h5-6,8,11,13-14,19,21-22,24H,3-4,7,9-10,12,15H2,1-2H3,(H,26,28)/t19-,21-,22-/m0/s1. The smallest absolute Gasteiger partial charge is 0.237 e. The molecule has 1 fully saturated rings. The number of Topliss-reactive ketones (excluding diaryl/α,β-unsaturated/α-hetero) is 1. The third-order valence-electron chi connectivity index (χ3n) is 5.71. The normalized spacial score (nSPS) is 20.2. The molecule has 1 aromatic carbocycles. The number of fused-ring (bicyclic) bond motifs is 1. The van der Waals surface area contributed by atoms with Gasteiger partial charge in [-0.05, 0) is 38.3 Å². The second-order valence-corrected chi connectivity index (χ2v) is 7.83.